The van der Waals surface area contributed by atoms with Crippen LogP contribution in [0.1, 0.15) is 39.0 Å². The molecule has 16 heavy (non-hydrogen) atoms. The number of carbonyl (C=O) groups excluding carboxylic acids is 1. The van der Waals surface area contributed by atoms with Crippen LogP contribution >= 0.6 is 0 Å². The fraction of sp³-hybridized carbons (Fsp3) is 0.692. The molecular formula is C13H19NO2. The maximum Gasteiger partial charge on any atom is 0.161 e. The van der Waals surface area contributed by atoms with Crippen LogP contribution in [0.15, 0.2) is 12.7 Å². The summed E-state index contributed by atoms with van der Waals surface area (Å²) in [7, 11) is 0. The molecule has 0 bridgehead atoms. The average Bonchev–Trinajstić information content (AvgIpc) is 2.56. The van der Waals surface area contributed by atoms with E-state index < -0.39 is 10.8 Å². The van der Waals surface area contributed by atoms with Crippen molar-refractivity contribution in [1.82, 2.24) is 0 Å². The van der Waals surface area contributed by atoms with Gasteiger partial charge in [-0.05, 0) is 32.1 Å². The second-order valence-corrected chi connectivity index (χ2v) is 4.92. The van der Waals surface area contributed by atoms with Crippen molar-refractivity contribution >= 4 is 5.78 Å². The number of aliphatic hydroxyl groups is 1. The number of hydrogen-bond acceptors (Lipinski definition) is 3. The zero-order valence-electron chi connectivity index (χ0n) is 9.83. The molecule has 2 atom stereocenters. The Balaban J connectivity index is 2.80. The molecule has 0 aliphatic heterocycles. The number of hydrogen-bond donors (Lipinski definition) is 1. The van der Waals surface area contributed by atoms with Crippen molar-refractivity contribution in [2.45, 2.75) is 39.0 Å². The Morgan fingerprint density at radius 1 is 1.62 bits per heavy atom. The Morgan fingerprint density at radius 2 is 2.31 bits per heavy atom. The molecule has 1 aliphatic rings. The minimum absolute atomic E-state index is 0.0749. The predicted molar refractivity (Wildman–Crippen MR) is 61.5 cm³/mol. The minimum Gasteiger partial charge on any atom is -0.395 e. The van der Waals surface area contributed by atoms with Gasteiger partial charge in [-0.15, -0.1) is 6.58 Å². The van der Waals surface area contributed by atoms with Gasteiger partial charge < -0.3 is 5.11 Å². The number of aliphatic hydroxyl groups excluding tert-OH is 1. The topological polar surface area (TPSA) is 61.1 Å². The van der Waals surface area contributed by atoms with E-state index in [-0.39, 0.29) is 12.4 Å². The molecule has 1 N–H and O–H groups in total. The summed E-state index contributed by atoms with van der Waals surface area (Å²) in [5, 5.41) is 18.5. The number of nitriles is 1. The van der Waals surface area contributed by atoms with Gasteiger partial charge in [-0.1, -0.05) is 13.0 Å². The summed E-state index contributed by atoms with van der Waals surface area (Å²) >= 11 is 0. The quantitative estimate of drug-likeness (QED) is 0.572. The molecule has 1 aliphatic carbocycles. The maximum atomic E-state index is 12.2. The molecular weight excluding hydrogens is 202 g/mol. The molecule has 2 unspecified atom stereocenters. The second kappa shape index (κ2) is 4.80. The summed E-state index contributed by atoms with van der Waals surface area (Å²) in [5.41, 5.74) is -1.57. The lowest BCUT2D eigenvalue weighted by Crippen LogP contribution is -2.35. The van der Waals surface area contributed by atoms with Gasteiger partial charge >= 0.3 is 0 Å². The Morgan fingerprint density at radius 3 is 2.75 bits per heavy atom. The van der Waals surface area contributed by atoms with Crippen molar-refractivity contribution in [3.8, 4) is 6.07 Å². The van der Waals surface area contributed by atoms with Gasteiger partial charge in [-0.2, -0.15) is 5.26 Å². The minimum atomic E-state index is -0.861. The number of carbonyl (C=O) groups is 1. The van der Waals surface area contributed by atoms with Crippen molar-refractivity contribution in [2.24, 2.45) is 10.8 Å². The third-order valence-electron chi connectivity index (χ3n) is 3.66. The van der Waals surface area contributed by atoms with Crippen molar-refractivity contribution < 1.29 is 9.90 Å². The predicted octanol–water partition coefficient (Wildman–Crippen LogP) is 2.21. The molecule has 1 saturated carbocycles. The van der Waals surface area contributed by atoms with Gasteiger partial charge in [0.25, 0.3) is 0 Å². The molecule has 0 radical (unpaired) electrons. The first kappa shape index (κ1) is 12.9. The second-order valence-electron chi connectivity index (χ2n) is 4.92. The monoisotopic (exact) mass is 221 g/mol. The first-order valence-electron chi connectivity index (χ1n) is 5.72. The number of nitrogens with zero attached hydrogens (tertiary/aromatic N) is 1. The van der Waals surface area contributed by atoms with Crippen LogP contribution in [0.2, 0.25) is 0 Å². The normalized spacial score (nSPS) is 33.7. The largest absolute Gasteiger partial charge is 0.395 e. The molecule has 1 fully saturated rings. The fourth-order valence-electron chi connectivity index (χ4n) is 2.39. The van der Waals surface area contributed by atoms with Gasteiger partial charge in [0, 0.05) is 0 Å². The van der Waals surface area contributed by atoms with Crippen LogP contribution in [0.25, 0.3) is 0 Å². The highest BCUT2D eigenvalue weighted by Gasteiger charge is 2.53. The highest BCUT2D eigenvalue weighted by atomic mass is 16.3. The van der Waals surface area contributed by atoms with Crippen molar-refractivity contribution in [2.75, 3.05) is 6.61 Å². The van der Waals surface area contributed by atoms with Crippen LogP contribution in [-0.2, 0) is 4.79 Å². The molecule has 88 valence electrons. The van der Waals surface area contributed by atoms with Crippen LogP contribution in [0.3, 0.4) is 0 Å². The maximum absolute atomic E-state index is 12.2. The van der Waals surface area contributed by atoms with E-state index >= 15 is 0 Å². The van der Waals surface area contributed by atoms with Crippen LogP contribution in [0.5, 0.6) is 0 Å². The highest BCUT2D eigenvalue weighted by Crippen LogP contribution is 2.48. The van der Waals surface area contributed by atoms with E-state index in [2.05, 4.69) is 12.6 Å². The molecule has 0 spiro atoms. The van der Waals surface area contributed by atoms with E-state index in [1.54, 1.807) is 13.0 Å². The van der Waals surface area contributed by atoms with E-state index in [0.29, 0.717) is 19.3 Å². The van der Waals surface area contributed by atoms with Crippen LogP contribution in [0, 0.1) is 22.2 Å². The Hall–Kier alpha value is -1.14. The molecule has 0 amide bonds. The summed E-state index contributed by atoms with van der Waals surface area (Å²) in [4.78, 5) is 12.2. The van der Waals surface area contributed by atoms with Gasteiger partial charge in [-0.3, -0.25) is 4.79 Å². The zero-order valence-corrected chi connectivity index (χ0v) is 9.83. The van der Waals surface area contributed by atoms with Crippen LogP contribution in [0.4, 0.5) is 0 Å². The fourth-order valence-corrected chi connectivity index (χ4v) is 2.39. The van der Waals surface area contributed by atoms with E-state index in [9.17, 15) is 15.2 Å². The molecule has 3 heteroatoms. The van der Waals surface area contributed by atoms with Crippen LogP contribution in [-0.4, -0.2) is 17.5 Å². The molecule has 0 aromatic heterocycles. The third kappa shape index (κ3) is 2.03. The molecule has 0 saturated heterocycles. The lowest BCUT2D eigenvalue weighted by molar-refractivity contribution is -0.132. The van der Waals surface area contributed by atoms with Gasteiger partial charge in [-0.25, -0.2) is 0 Å². The Kier molecular flexibility index (Phi) is 3.88. The molecule has 0 aromatic rings. The van der Waals surface area contributed by atoms with Crippen LogP contribution < -0.4 is 0 Å². The Labute approximate surface area is 96.8 Å². The average molecular weight is 221 g/mol. The number of unbranched alkanes of at least 4 members (excludes halogenated alkanes) is 1. The van der Waals surface area contributed by atoms with Gasteiger partial charge in [0.2, 0.25) is 0 Å². The van der Waals surface area contributed by atoms with E-state index in [0.717, 1.165) is 12.8 Å². The summed E-state index contributed by atoms with van der Waals surface area (Å²) in [6, 6.07) is 2.18. The highest BCUT2D eigenvalue weighted by molar-refractivity contribution is 5.94. The first-order chi connectivity index (χ1) is 7.54. The summed E-state index contributed by atoms with van der Waals surface area (Å²) in [6.07, 6.45) is 5.22. The molecule has 0 heterocycles. The first-order valence-corrected chi connectivity index (χ1v) is 5.72. The number of rotatable bonds is 5. The molecule has 1 rings (SSSR count). The standard InChI is InChI=1S/C13H19NO2/c1-3-4-5-6-13(9-14)8-7-12(2,10-15)11(13)16/h3,15H,1,4-8,10H2,2H3. The number of allylic oxidation sites excluding steroid dienone is 1. The molecule has 3 nitrogen and oxygen atoms in total. The Bertz CT molecular complexity index is 331. The lowest BCUT2D eigenvalue weighted by Gasteiger charge is -2.23. The van der Waals surface area contributed by atoms with E-state index in [1.807, 2.05) is 0 Å². The van der Waals surface area contributed by atoms with Crippen molar-refractivity contribution in [1.29, 1.82) is 5.26 Å². The summed E-state index contributed by atoms with van der Waals surface area (Å²) in [5.74, 6) is -0.0749. The summed E-state index contributed by atoms with van der Waals surface area (Å²) < 4.78 is 0. The van der Waals surface area contributed by atoms with Gasteiger partial charge in [0.1, 0.15) is 5.41 Å². The number of ketones is 1. The molecule has 0 aromatic carbocycles. The summed E-state index contributed by atoms with van der Waals surface area (Å²) in [6.45, 7) is 5.23. The third-order valence-corrected chi connectivity index (χ3v) is 3.66. The van der Waals surface area contributed by atoms with Gasteiger partial charge in [0.15, 0.2) is 5.78 Å². The lowest BCUT2D eigenvalue weighted by atomic mass is 9.77. The van der Waals surface area contributed by atoms with E-state index in [4.69, 9.17) is 0 Å². The zero-order chi connectivity index (χ0) is 12.2. The SMILES string of the molecule is C=CCCCC1(C#N)CCC(C)(CO)C1=O. The van der Waals surface area contributed by atoms with Crippen molar-refractivity contribution in [3.63, 3.8) is 0 Å². The smallest absolute Gasteiger partial charge is 0.161 e. The van der Waals surface area contributed by atoms with Gasteiger partial charge in [0.05, 0.1) is 18.1 Å². The number of Topliss-reactive ketones (excluding diaryl/α,β-unsaturated/α-hetero) is 1. The van der Waals surface area contributed by atoms with Crippen molar-refractivity contribution in [3.05, 3.63) is 12.7 Å². The van der Waals surface area contributed by atoms with E-state index in [1.165, 1.54) is 0 Å².